The molecule has 0 bridgehead atoms. The minimum absolute atomic E-state index is 0.166. The Morgan fingerprint density at radius 2 is 2.08 bits per heavy atom. The van der Waals surface area contributed by atoms with Crippen LogP contribution in [0, 0.1) is 0 Å². The summed E-state index contributed by atoms with van der Waals surface area (Å²) in [5.41, 5.74) is 1.05. The van der Waals surface area contributed by atoms with Gasteiger partial charge in [-0.3, -0.25) is 0 Å². The lowest BCUT2D eigenvalue weighted by atomic mass is 10.0. The van der Waals surface area contributed by atoms with Crippen molar-refractivity contribution in [1.29, 1.82) is 0 Å². The molecule has 3 heteroatoms. The van der Waals surface area contributed by atoms with Crippen LogP contribution < -0.4 is 0 Å². The van der Waals surface area contributed by atoms with E-state index in [4.69, 9.17) is 10.2 Å². The number of rotatable bonds is 3. The standard InChI is InChI=1S/C9H10O3/c10-5-7-3-1-2-4-8(7)9(12)6-11/h1-4,6,9-10,12H,5H2. The first-order valence-corrected chi connectivity index (χ1v) is 3.61. The Morgan fingerprint density at radius 3 is 2.67 bits per heavy atom. The zero-order valence-corrected chi connectivity index (χ0v) is 6.47. The minimum atomic E-state index is -1.13. The fourth-order valence-corrected chi connectivity index (χ4v) is 1.04. The van der Waals surface area contributed by atoms with E-state index in [-0.39, 0.29) is 6.61 Å². The van der Waals surface area contributed by atoms with Crippen LogP contribution in [0.5, 0.6) is 0 Å². The van der Waals surface area contributed by atoms with Crippen molar-refractivity contribution < 1.29 is 15.0 Å². The minimum Gasteiger partial charge on any atom is -0.392 e. The second kappa shape index (κ2) is 3.99. The summed E-state index contributed by atoms with van der Waals surface area (Å²) in [6, 6.07) is 6.74. The highest BCUT2D eigenvalue weighted by Crippen LogP contribution is 2.15. The summed E-state index contributed by atoms with van der Waals surface area (Å²) in [6.07, 6.45) is -0.692. The Kier molecular flexibility index (Phi) is 2.96. The molecule has 64 valence electrons. The van der Waals surface area contributed by atoms with Crippen LogP contribution in [0.4, 0.5) is 0 Å². The molecule has 0 amide bonds. The molecule has 1 aromatic rings. The first-order valence-electron chi connectivity index (χ1n) is 3.61. The third kappa shape index (κ3) is 1.69. The molecule has 12 heavy (non-hydrogen) atoms. The lowest BCUT2D eigenvalue weighted by Gasteiger charge is -2.07. The van der Waals surface area contributed by atoms with Crippen molar-refractivity contribution in [3.63, 3.8) is 0 Å². The molecule has 0 fully saturated rings. The smallest absolute Gasteiger partial charge is 0.153 e. The van der Waals surface area contributed by atoms with Crippen molar-refractivity contribution in [2.24, 2.45) is 0 Å². The number of aliphatic hydroxyl groups excluding tert-OH is 2. The van der Waals surface area contributed by atoms with Crippen molar-refractivity contribution in [2.45, 2.75) is 12.7 Å². The second-order valence-electron chi connectivity index (χ2n) is 2.44. The van der Waals surface area contributed by atoms with Gasteiger partial charge in [-0.25, -0.2) is 0 Å². The average molecular weight is 166 g/mol. The van der Waals surface area contributed by atoms with Gasteiger partial charge in [-0.05, 0) is 11.1 Å². The van der Waals surface area contributed by atoms with Crippen molar-refractivity contribution >= 4 is 6.29 Å². The molecule has 1 rings (SSSR count). The van der Waals surface area contributed by atoms with Crippen LogP contribution in [0.1, 0.15) is 17.2 Å². The fourth-order valence-electron chi connectivity index (χ4n) is 1.04. The number of aliphatic hydroxyl groups is 2. The van der Waals surface area contributed by atoms with Crippen LogP contribution in [0.3, 0.4) is 0 Å². The largest absolute Gasteiger partial charge is 0.392 e. The van der Waals surface area contributed by atoms with Gasteiger partial charge in [0, 0.05) is 0 Å². The molecule has 0 aromatic heterocycles. The van der Waals surface area contributed by atoms with Crippen LogP contribution in [-0.4, -0.2) is 16.5 Å². The monoisotopic (exact) mass is 166 g/mol. The summed E-state index contributed by atoms with van der Waals surface area (Å²) in [4.78, 5) is 10.2. The topological polar surface area (TPSA) is 57.5 Å². The van der Waals surface area contributed by atoms with E-state index >= 15 is 0 Å². The van der Waals surface area contributed by atoms with Gasteiger partial charge in [0.15, 0.2) is 6.29 Å². The lowest BCUT2D eigenvalue weighted by molar-refractivity contribution is -0.115. The summed E-state index contributed by atoms with van der Waals surface area (Å²) in [7, 11) is 0. The van der Waals surface area contributed by atoms with Crippen LogP contribution >= 0.6 is 0 Å². The van der Waals surface area contributed by atoms with E-state index in [0.717, 1.165) is 0 Å². The summed E-state index contributed by atoms with van der Waals surface area (Å²) >= 11 is 0. The average Bonchev–Trinajstić information content (AvgIpc) is 2.16. The molecule has 0 spiro atoms. The van der Waals surface area contributed by atoms with Crippen LogP contribution in [-0.2, 0) is 11.4 Å². The fraction of sp³-hybridized carbons (Fsp3) is 0.222. The molecule has 3 nitrogen and oxygen atoms in total. The Bertz CT molecular complexity index is 270. The molecule has 1 unspecified atom stereocenters. The second-order valence-corrected chi connectivity index (χ2v) is 2.44. The molecular formula is C9H10O3. The molecule has 2 N–H and O–H groups in total. The number of carbonyl (C=O) groups is 1. The van der Waals surface area contributed by atoms with Gasteiger partial charge in [-0.1, -0.05) is 24.3 Å². The van der Waals surface area contributed by atoms with Gasteiger partial charge in [-0.15, -0.1) is 0 Å². The van der Waals surface area contributed by atoms with Crippen LogP contribution in [0.25, 0.3) is 0 Å². The first-order chi connectivity index (χ1) is 5.79. The quantitative estimate of drug-likeness (QED) is 0.639. The number of aldehydes is 1. The molecular weight excluding hydrogens is 156 g/mol. The summed E-state index contributed by atoms with van der Waals surface area (Å²) in [5, 5.41) is 18.0. The van der Waals surface area contributed by atoms with E-state index in [9.17, 15) is 4.79 Å². The number of carbonyl (C=O) groups excluding carboxylic acids is 1. The summed E-state index contributed by atoms with van der Waals surface area (Å²) < 4.78 is 0. The Hall–Kier alpha value is -1.19. The summed E-state index contributed by atoms with van der Waals surface area (Å²) in [6.45, 7) is -0.166. The molecule has 0 radical (unpaired) electrons. The van der Waals surface area contributed by atoms with E-state index in [1.807, 2.05) is 0 Å². The SMILES string of the molecule is O=CC(O)c1ccccc1CO. The number of benzene rings is 1. The molecule has 0 saturated heterocycles. The highest BCUT2D eigenvalue weighted by atomic mass is 16.3. The Morgan fingerprint density at radius 1 is 1.42 bits per heavy atom. The van der Waals surface area contributed by atoms with Gasteiger partial charge in [0.05, 0.1) is 6.61 Å². The molecule has 1 aromatic carbocycles. The molecule has 0 heterocycles. The zero-order chi connectivity index (χ0) is 8.97. The number of hydrogen-bond acceptors (Lipinski definition) is 3. The Labute approximate surface area is 70.3 Å². The summed E-state index contributed by atoms with van der Waals surface area (Å²) in [5.74, 6) is 0. The molecule has 0 aliphatic heterocycles. The normalized spacial score (nSPS) is 12.5. The maximum absolute atomic E-state index is 10.2. The van der Waals surface area contributed by atoms with Gasteiger partial charge in [-0.2, -0.15) is 0 Å². The van der Waals surface area contributed by atoms with E-state index < -0.39 is 6.10 Å². The number of hydrogen-bond donors (Lipinski definition) is 2. The highest BCUT2D eigenvalue weighted by molar-refractivity contribution is 5.60. The van der Waals surface area contributed by atoms with E-state index in [1.165, 1.54) is 0 Å². The van der Waals surface area contributed by atoms with E-state index in [2.05, 4.69) is 0 Å². The van der Waals surface area contributed by atoms with Gasteiger partial charge in [0.25, 0.3) is 0 Å². The van der Waals surface area contributed by atoms with Crippen LogP contribution in [0.15, 0.2) is 24.3 Å². The van der Waals surface area contributed by atoms with Gasteiger partial charge >= 0.3 is 0 Å². The maximum atomic E-state index is 10.2. The first kappa shape index (κ1) is 8.90. The van der Waals surface area contributed by atoms with Crippen molar-refractivity contribution in [3.05, 3.63) is 35.4 Å². The molecule has 0 saturated carbocycles. The van der Waals surface area contributed by atoms with Gasteiger partial charge in [0.1, 0.15) is 6.10 Å². The van der Waals surface area contributed by atoms with Crippen molar-refractivity contribution in [2.75, 3.05) is 0 Å². The zero-order valence-electron chi connectivity index (χ0n) is 6.47. The van der Waals surface area contributed by atoms with Gasteiger partial charge in [0.2, 0.25) is 0 Å². The Balaban J connectivity index is 3.04. The third-order valence-corrected chi connectivity index (χ3v) is 1.67. The predicted octanol–water partition coefficient (Wildman–Crippen LogP) is 0.411. The van der Waals surface area contributed by atoms with Crippen molar-refractivity contribution in [3.8, 4) is 0 Å². The molecule has 0 aliphatic rings. The van der Waals surface area contributed by atoms with Crippen molar-refractivity contribution in [1.82, 2.24) is 0 Å². The highest BCUT2D eigenvalue weighted by Gasteiger charge is 2.08. The van der Waals surface area contributed by atoms with Gasteiger partial charge < -0.3 is 15.0 Å². The van der Waals surface area contributed by atoms with Crippen LogP contribution in [0.2, 0.25) is 0 Å². The molecule has 1 atom stereocenters. The lowest BCUT2D eigenvalue weighted by Crippen LogP contribution is -2.02. The van der Waals surface area contributed by atoms with E-state index in [0.29, 0.717) is 17.4 Å². The third-order valence-electron chi connectivity index (χ3n) is 1.67. The predicted molar refractivity (Wildman–Crippen MR) is 43.4 cm³/mol. The molecule has 0 aliphatic carbocycles. The van der Waals surface area contributed by atoms with E-state index in [1.54, 1.807) is 24.3 Å². The maximum Gasteiger partial charge on any atom is 0.153 e.